The van der Waals surface area contributed by atoms with Crippen LogP contribution in [0.4, 0.5) is 0 Å². The molecule has 0 spiro atoms. The zero-order valence-corrected chi connectivity index (χ0v) is 7.44. The molecular weight excluding hydrogens is 136 g/mol. The van der Waals surface area contributed by atoms with E-state index in [4.69, 9.17) is 5.41 Å². The van der Waals surface area contributed by atoms with E-state index in [0.717, 1.165) is 5.57 Å². The van der Waals surface area contributed by atoms with E-state index in [1.54, 1.807) is 12.3 Å². The summed E-state index contributed by atoms with van der Waals surface area (Å²) in [7, 11) is 1.81. The molecule has 2 nitrogen and oxygen atoms in total. The molecule has 0 saturated carbocycles. The van der Waals surface area contributed by atoms with Crippen molar-refractivity contribution in [3.63, 3.8) is 0 Å². The summed E-state index contributed by atoms with van der Waals surface area (Å²) in [6, 6.07) is 0. The number of allylic oxidation sites excluding steroid dienone is 2. The summed E-state index contributed by atoms with van der Waals surface area (Å²) in [5.41, 5.74) is 1.37. The minimum absolute atomic E-state index is 0.351. The predicted octanol–water partition coefficient (Wildman–Crippen LogP) is 1.95. The van der Waals surface area contributed by atoms with Gasteiger partial charge < -0.3 is 10.7 Å². The van der Waals surface area contributed by atoms with E-state index in [0.29, 0.717) is 11.6 Å². The first kappa shape index (κ1) is 9.95. The second-order valence-corrected chi connectivity index (χ2v) is 2.72. The Labute approximate surface area is 68.5 Å². The van der Waals surface area contributed by atoms with Gasteiger partial charge in [0.25, 0.3) is 0 Å². The standard InChI is InChI=1S/C9H16N2/c1-7(2)8(3)9(10)5-6-11-4/h5-7,10-11H,3H2,1-2,4H3/b6-5-,10-9?. The van der Waals surface area contributed by atoms with Crippen LogP contribution >= 0.6 is 0 Å². The van der Waals surface area contributed by atoms with Crippen LogP contribution in [0.1, 0.15) is 13.8 Å². The molecule has 0 unspecified atom stereocenters. The van der Waals surface area contributed by atoms with Gasteiger partial charge in [0.2, 0.25) is 0 Å². The molecule has 0 atom stereocenters. The lowest BCUT2D eigenvalue weighted by atomic mass is 10.0. The summed E-state index contributed by atoms with van der Waals surface area (Å²) >= 11 is 0. The Morgan fingerprint density at radius 1 is 1.55 bits per heavy atom. The average Bonchev–Trinajstić information content (AvgIpc) is 1.98. The zero-order valence-electron chi connectivity index (χ0n) is 7.44. The van der Waals surface area contributed by atoms with Crippen LogP contribution in [0.2, 0.25) is 0 Å². The van der Waals surface area contributed by atoms with Gasteiger partial charge >= 0.3 is 0 Å². The Hall–Kier alpha value is -1.05. The van der Waals surface area contributed by atoms with E-state index in [1.165, 1.54) is 0 Å². The molecule has 2 N–H and O–H groups in total. The molecule has 0 aliphatic rings. The highest BCUT2D eigenvalue weighted by Crippen LogP contribution is 2.07. The second kappa shape index (κ2) is 4.72. The molecule has 2 heteroatoms. The van der Waals surface area contributed by atoms with Crippen molar-refractivity contribution >= 4 is 5.71 Å². The fourth-order valence-corrected chi connectivity index (χ4v) is 0.585. The molecule has 11 heavy (non-hydrogen) atoms. The monoisotopic (exact) mass is 152 g/mol. The number of nitrogens with one attached hydrogen (secondary N) is 2. The maximum absolute atomic E-state index is 7.50. The first-order chi connectivity index (χ1) is 5.09. The normalized spacial score (nSPS) is 10.5. The third-order valence-electron chi connectivity index (χ3n) is 1.46. The quantitative estimate of drug-likeness (QED) is 0.593. The Kier molecular flexibility index (Phi) is 4.27. The molecular formula is C9H16N2. The van der Waals surface area contributed by atoms with Crippen LogP contribution in [0.25, 0.3) is 0 Å². The van der Waals surface area contributed by atoms with Crippen molar-refractivity contribution in [1.82, 2.24) is 5.32 Å². The zero-order chi connectivity index (χ0) is 8.85. The minimum atomic E-state index is 0.351. The molecule has 0 aromatic heterocycles. The highest BCUT2D eigenvalue weighted by atomic mass is 14.8. The lowest BCUT2D eigenvalue weighted by Gasteiger charge is -2.06. The number of hydrogen-bond acceptors (Lipinski definition) is 2. The third-order valence-corrected chi connectivity index (χ3v) is 1.46. The van der Waals surface area contributed by atoms with Gasteiger partial charge in [-0.15, -0.1) is 0 Å². The molecule has 0 aliphatic carbocycles. The maximum atomic E-state index is 7.50. The summed E-state index contributed by atoms with van der Waals surface area (Å²) in [6.07, 6.45) is 3.44. The van der Waals surface area contributed by atoms with Crippen LogP contribution in [-0.2, 0) is 0 Å². The van der Waals surface area contributed by atoms with Gasteiger partial charge in [0.15, 0.2) is 0 Å². The molecule has 0 fully saturated rings. The van der Waals surface area contributed by atoms with Gasteiger partial charge in [-0.3, -0.25) is 0 Å². The van der Waals surface area contributed by atoms with Gasteiger partial charge in [-0.25, -0.2) is 0 Å². The molecule has 0 amide bonds. The lowest BCUT2D eigenvalue weighted by molar-refractivity contribution is 0.805. The van der Waals surface area contributed by atoms with Gasteiger partial charge in [0.05, 0.1) is 5.71 Å². The van der Waals surface area contributed by atoms with Gasteiger partial charge in [-0.1, -0.05) is 20.4 Å². The Balaban J connectivity index is 4.04. The summed E-state index contributed by atoms with van der Waals surface area (Å²) in [4.78, 5) is 0. The molecule has 0 aliphatic heterocycles. The summed E-state index contributed by atoms with van der Waals surface area (Å²) in [5.74, 6) is 0.351. The Bertz CT molecular complexity index is 178. The largest absolute Gasteiger partial charge is 0.394 e. The van der Waals surface area contributed by atoms with Crippen LogP contribution in [0.15, 0.2) is 24.4 Å². The fourth-order valence-electron chi connectivity index (χ4n) is 0.585. The van der Waals surface area contributed by atoms with Crippen LogP contribution < -0.4 is 5.32 Å². The first-order valence-electron chi connectivity index (χ1n) is 3.71. The molecule has 62 valence electrons. The Morgan fingerprint density at radius 3 is 2.45 bits per heavy atom. The van der Waals surface area contributed by atoms with E-state index in [-0.39, 0.29) is 0 Å². The highest BCUT2D eigenvalue weighted by Gasteiger charge is 2.02. The van der Waals surface area contributed by atoms with Gasteiger partial charge in [-0.2, -0.15) is 0 Å². The SMILES string of the molecule is C=C(C(=N)/C=C\NC)C(C)C. The van der Waals surface area contributed by atoms with Crippen LogP contribution in [0.5, 0.6) is 0 Å². The van der Waals surface area contributed by atoms with Crippen molar-refractivity contribution in [2.45, 2.75) is 13.8 Å². The molecule has 0 rings (SSSR count). The van der Waals surface area contributed by atoms with Crippen molar-refractivity contribution < 1.29 is 0 Å². The third kappa shape index (κ3) is 3.61. The van der Waals surface area contributed by atoms with E-state index >= 15 is 0 Å². The number of hydrogen-bond donors (Lipinski definition) is 2. The van der Waals surface area contributed by atoms with Crippen LogP contribution in [0, 0.1) is 11.3 Å². The first-order valence-corrected chi connectivity index (χ1v) is 3.71. The fraction of sp³-hybridized carbons (Fsp3) is 0.444. The minimum Gasteiger partial charge on any atom is -0.394 e. The van der Waals surface area contributed by atoms with Crippen molar-refractivity contribution in [2.24, 2.45) is 5.92 Å². The summed E-state index contributed by atoms with van der Waals surface area (Å²) < 4.78 is 0. The van der Waals surface area contributed by atoms with Crippen molar-refractivity contribution in [3.8, 4) is 0 Å². The van der Waals surface area contributed by atoms with Gasteiger partial charge in [-0.05, 0) is 23.8 Å². The molecule has 0 radical (unpaired) electrons. The molecule has 0 aromatic rings. The maximum Gasteiger partial charge on any atom is 0.0582 e. The predicted molar refractivity (Wildman–Crippen MR) is 49.9 cm³/mol. The lowest BCUT2D eigenvalue weighted by Crippen LogP contribution is -2.04. The van der Waals surface area contributed by atoms with E-state index < -0.39 is 0 Å². The van der Waals surface area contributed by atoms with E-state index in [1.807, 2.05) is 20.9 Å². The van der Waals surface area contributed by atoms with Gasteiger partial charge in [0, 0.05) is 7.05 Å². The molecule has 0 aromatic carbocycles. The smallest absolute Gasteiger partial charge is 0.0582 e. The van der Waals surface area contributed by atoms with E-state index in [2.05, 4.69) is 11.9 Å². The Morgan fingerprint density at radius 2 is 2.09 bits per heavy atom. The van der Waals surface area contributed by atoms with Crippen LogP contribution in [-0.4, -0.2) is 12.8 Å². The van der Waals surface area contributed by atoms with Crippen molar-refractivity contribution in [3.05, 3.63) is 24.4 Å². The van der Waals surface area contributed by atoms with Crippen molar-refractivity contribution in [1.29, 1.82) is 5.41 Å². The summed E-state index contributed by atoms with van der Waals surface area (Å²) in [5, 5.41) is 10.3. The van der Waals surface area contributed by atoms with Crippen molar-refractivity contribution in [2.75, 3.05) is 7.05 Å². The molecule has 0 bridgehead atoms. The van der Waals surface area contributed by atoms with E-state index in [9.17, 15) is 0 Å². The summed E-state index contributed by atoms with van der Waals surface area (Å²) in [6.45, 7) is 7.87. The van der Waals surface area contributed by atoms with Crippen LogP contribution in [0.3, 0.4) is 0 Å². The highest BCUT2D eigenvalue weighted by molar-refractivity contribution is 6.05. The number of rotatable bonds is 4. The molecule has 0 heterocycles. The topological polar surface area (TPSA) is 35.9 Å². The second-order valence-electron chi connectivity index (χ2n) is 2.72. The van der Waals surface area contributed by atoms with Gasteiger partial charge in [0.1, 0.15) is 0 Å². The molecule has 0 saturated heterocycles. The average molecular weight is 152 g/mol.